The molecule has 1 aromatic heterocycles. The van der Waals surface area contributed by atoms with E-state index in [0.29, 0.717) is 10.7 Å². The Balaban J connectivity index is 2.24. The monoisotopic (exact) mass is 251 g/mol. The van der Waals surface area contributed by atoms with Crippen molar-refractivity contribution in [1.29, 1.82) is 0 Å². The Morgan fingerprint density at radius 2 is 2.12 bits per heavy atom. The fourth-order valence-electron chi connectivity index (χ4n) is 1.49. The van der Waals surface area contributed by atoms with Crippen LogP contribution in [0, 0.1) is 0 Å². The molecule has 0 saturated carbocycles. The van der Waals surface area contributed by atoms with E-state index in [0.717, 1.165) is 10.9 Å². The standard InChI is InChI=1S/C11H10ClN3O2/c12-7-1-2-8-6(3-7)4-9(15-8)11(17)14-5-10(13)16/h1-4,15H,5H2,(H2,13,16)(H,14,17). The Hall–Kier alpha value is -2.01. The minimum absolute atomic E-state index is 0.186. The first-order valence-electron chi connectivity index (χ1n) is 4.91. The number of halogens is 1. The molecular weight excluding hydrogens is 242 g/mol. The van der Waals surface area contributed by atoms with Crippen LogP contribution in [-0.4, -0.2) is 23.3 Å². The Labute approximate surface area is 102 Å². The van der Waals surface area contributed by atoms with Crippen molar-refractivity contribution in [2.75, 3.05) is 6.54 Å². The molecule has 0 bridgehead atoms. The number of aromatic nitrogens is 1. The highest BCUT2D eigenvalue weighted by Gasteiger charge is 2.09. The number of aromatic amines is 1. The highest BCUT2D eigenvalue weighted by molar-refractivity contribution is 6.31. The van der Waals surface area contributed by atoms with Gasteiger partial charge in [-0.1, -0.05) is 11.6 Å². The molecule has 0 aliphatic heterocycles. The van der Waals surface area contributed by atoms with Crippen LogP contribution in [0.1, 0.15) is 10.5 Å². The van der Waals surface area contributed by atoms with Gasteiger partial charge in [-0.05, 0) is 24.3 Å². The van der Waals surface area contributed by atoms with Gasteiger partial charge in [0, 0.05) is 15.9 Å². The van der Waals surface area contributed by atoms with Crippen LogP contribution in [-0.2, 0) is 4.79 Å². The van der Waals surface area contributed by atoms with Crippen LogP contribution < -0.4 is 11.1 Å². The van der Waals surface area contributed by atoms with Gasteiger partial charge in [0.05, 0.1) is 6.54 Å². The summed E-state index contributed by atoms with van der Waals surface area (Å²) in [5.41, 5.74) is 6.10. The molecule has 6 heteroatoms. The Bertz CT molecular complexity index is 591. The van der Waals surface area contributed by atoms with Crippen LogP contribution in [0.4, 0.5) is 0 Å². The lowest BCUT2D eigenvalue weighted by atomic mass is 10.2. The maximum atomic E-state index is 11.6. The molecule has 0 spiro atoms. The summed E-state index contributed by atoms with van der Waals surface area (Å²) in [6.07, 6.45) is 0. The van der Waals surface area contributed by atoms with Gasteiger partial charge in [0.15, 0.2) is 0 Å². The van der Waals surface area contributed by atoms with Crippen molar-refractivity contribution >= 4 is 34.3 Å². The minimum Gasteiger partial charge on any atom is -0.368 e. The Kier molecular flexibility index (Phi) is 3.01. The molecule has 0 aliphatic carbocycles. The third kappa shape index (κ3) is 2.57. The molecule has 5 nitrogen and oxygen atoms in total. The van der Waals surface area contributed by atoms with Gasteiger partial charge in [0.25, 0.3) is 5.91 Å². The number of carbonyl (C=O) groups is 2. The van der Waals surface area contributed by atoms with Gasteiger partial charge >= 0.3 is 0 Å². The summed E-state index contributed by atoms with van der Waals surface area (Å²) in [5, 5.41) is 3.83. The van der Waals surface area contributed by atoms with Crippen molar-refractivity contribution in [3.63, 3.8) is 0 Å². The van der Waals surface area contributed by atoms with Crippen molar-refractivity contribution in [1.82, 2.24) is 10.3 Å². The van der Waals surface area contributed by atoms with Gasteiger partial charge in [-0.25, -0.2) is 0 Å². The van der Waals surface area contributed by atoms with Gasteiger partial charge in [-0.15, -0.1) is 0 Å². The molecule has 4 N–H and O–H groups in total. The molecule has 17 heavy (non-hydrogen) atoms. The Morgan fingerprint density at radius 3 is 2.82 bits per heavy atom. The van der Waals surface area contributed by atoms with E-state index < -0.39 is 5.91 Å². The highest BCUT2D eigenvalue weighted by Crippen LogP contribution is 2.19. The molecule has 1 aromatic carbocycles. The van der Waals surface area contributed by atoms with E-state index in [9.17, 15) is 9.59 Å². The molecule has 2 aromatic rings. The molecule has 0 unspecified atom stereocenters. The number of carbonyl (C=O) groups excluding carboxylic acids is 2. The number of nitrogens with two attached hydrogens (primary N) is 1. The second-order valence-electron chi connectivity index (χ2n) is 3.56. The molecular formula is C11H10ClN3O2. The predicted molar refractivity (Wildman–Crippen MR) is 64.8 cm³/mol. The third-order valence-electron chi connectivity index (χ3n) is 2.25. The zero-order valence-electron chi connectivity index (χ0n) is 8.79. The molecule has 2 rings (SSSR count). The van der Waals surface area contributed by atoms with Crippen LogP contribution in [0.25, 0.3) is 10.9 Å². The quantitative estimate of drug-likeness (QED) is 0.761. The summed E-state index contributed by atoms with van der Waals surface area (Å²) < 4.78 is 0. The number of hydrogen-bond acceptors (Lipinski definition) is 2. The smallest absolute Gasteiger partial charge is 0.268 e. The van der Waals surface area contributed by atoms with E-state index >= 15 is 0 Å². The van der Waals surface area contributed by atoms with E-state index in [2.05, 4.69) is 10.3 Å². The van der Waals surface area contributed by atoms with Crippen LogP contribution in [0.15, 0.2) is 24.3 Å². The number of H-pyrrole nitrogens is 1. The number of rotatable bonds is 3. The number of fused-ring (bicyclic) bond motifs is 1. The van der Waals surface area contributed by atoms with Crippen LogP contribution in [0.3, 0.4) is 0 Å². The average Bonchev–Trinajstić information content (AvgIpc) is 2.68. The third-order valence-corrected chi connectivity index (χ3v) is 2.49. The molecule has 0 aliphatic rings. The second-order valence-corrected chi connectivity index (χ2v) is 4.00. The predicted octanol–water partition coefficient (Wildman–Crippen LogP) is 1.04. The molecule has 0 fully saturated rings. The van der Waals surface area contributed by atoms with Crippen molar-refractivity contribution < 1.29 is 9.59 Å². The van der Waals surface area contributed by atoms with Crippen molar-refractivity contribution in [2.24, 2.45) is 5.73 Å². The summed E-state index contributed by atoms with van der Waals surface area (Å²) in [6.45, 7) is -0.186. The fraction of sp³-hybridized carbons (Fsp3) is 0.0909. The number of amides is 2. The topological polar surface area (TPSA) is 88.0 Å². The number of primary amides is 1. The lowest BCUT2D eigenvalue weighted by Gasteiger charge is -1.98. The largest absolute Gasteiger partial charge is 0.368 e. The van der Waals surface area contributed by atoms with E-state index in [1.54, 1.807) is 24.3 Å². The fourth-order valence-corrected chi connectivity index (χ4v) is 1.67. The molecule has 2 amide bonds. The van der Waals surface area contributed by atoms with Gasteiger partial charge in [-0.2, -0.15) is 0 Å². The Morgan fingerprint density at radius 1 is 1.35 bits per heavy atom. The lowest BCUT2D eigenvalue weighted by Crippen LogP contribution is -2.33. The van der Waals surface area contributed by atoms with Gasteiger partial charge in [-0.3, -0.25) is 9.59 Å². The minimum atomic E-state index is -0.586. The average molecular weight is 252 g/mol. The molecule has 0 atom stereocenters. The van der Waals surface area contributed by atoms with Crippen LogP contribution in [0.2, 0.25) is 5.02 Å². The first kappa shape index (κ1) is 11.5. The second kappa shape index (κ2) is 4.47. The number of hydrogen-bond donors (Lipinski definition) is 3. The van der Waals surface area contributed by atoms with Gasteiger partial charge in [0.2, 0.25) is 5.91 Å². The zero-order valence-corrected chi connectivity index (χ0v) is 9.54. The maximum Gasteiger partial charge on any atom is 0.268 e. The van der Waals surface area contributed by atoms with Crippen LogP contribution in [0.5, 0.6) is 0 Å². The van der Waals surface area contributed by atoms with E-state index in [1.807, 2.05) is 0 Å². The van der Waals surface area contributed by atoms with E-state index in [4.69, 9.17) is 17.3 Å². The normalized spacial score (nSPS) is 10.4. The lowest BCUT2D eigenvalue weighted by molar-refractivity contribution is -0.117. The highest BCUT2D eigenvalue weighted by atomic mass is 35.5. The van der Waals surface area contributed by atoms with E-state index in [1.165, 1.54) is 0 Å². The van der Waals surface area contributed by atoms with Crippen LogP contribution >= 0.6 is 11.6 Å². The maximum absolute atomic E-state index is 11.6. The van der Waals surface area contributed by atoms with Crippen molar-refractivity contribution in [3.05, 3.63) is 35.0 Å². The van der Waals surface area contributed by atoms with Gasteiger partial charge < -0.3 is 16.0 Å². The molecule has 0 saturated heterocycles. The van der Waals surface area contributed by atoms with Gasteiger partial charge in [0.1, 0.15) is 5.69 Å². The first-order chi connectivity index (χ1) is 8.06. The molecule has 88 valence electrons. The van der Waals surface area contributed by atoms with E-state index in [-0.39, 0.29) is 12.5 Å². The zero-order chi connectivity index (χ0) is 12.4. The SMILES string of the molecule is NC(=O)CNC(=O)c1cc2cc(Cl)ccc2[nH]1. The number of benzene rings is 1. The summed E-state index contributed by atoms with van der Waals surface area (Å²) in [7, 11) is 0. The summed E-state index contributed by atoms with van der Waals surface area (Å²) >= 11 is 5.83. The summed E-state index contributed by atoms with van der Waals surface area (Å²) in [4.78, 5) is 25.1. The molecule has 0 radical (unpaired) electrons. The number of nitrogens with one attached hydrogen (secondary N) is 2. The summed E-state index contributed by atoms with van der Waals surface area (Å²) in [6, 6.07) is 6.92. The van der Waals surface area contributed by atoms with Crippen molar-refractivity contribution in [3.8, 4) is 0 Å². The summed E-state index contributed by atoms with van der Waals surface area (Å²) in [5.74, 6) is -0.964. The van der Waals surface area contributed by atoms with Crippen molar-refractivity contribution in [2.45, 2.75) is 0 Å². The molecule has 1 heterocycles. The first-order valence-corrected chi connectivity index (χ1v) is 5.29.